The normalized spacial score (nSPS) is 16.9. The van der Waals surface area contributed by atoms with Crippen molar-refractivity contribution < 1.29 is 4.74 Å². The van der Waals surface area contributed by atoms with Gasteiger partial charge < -0.3 is 20.7 Å². The number of nitrogens with one attached hydrogen (secondary N) is 1. The van der Waals surface area contributed by atoms with Crippen LogP contribution in [-0.2, 0) is 0 Å². The molecule has 0 radical (unpaired) electrons. The molecule has 0 aliphatic carbocycles. The highest BCUT2D eigenvalue weighted by atomic mass is 16.5. The summed E-state index contributed by atoms with van der Waals surface area (Å²) in [6.07, 6.45) is 3.80. The van der Waals surface area contributed by atoms with Crippen LogP contribution in [0.5, 0.6) is 5.75 Å². The smallest absolute Gasteiger partial charge is 0.120 e. The number of nitrogens with two attached hydrogens (primary N) is 1. The molecule has 100 valence electrons. The van der Waals surface area contributed by atoms with Crippen LogP contribution in [0.4, 0.5) is 5.69 Å². The summed E-state index contributed by atoms with van der Waals surface area (Å²) < 4.78 is 5.24. The Morgan fingerprint density at radius 2 is 2.30 bits per heavy atom. The van der Waals surface area contributed by atoms with Crippen LogP contribution < -0.4 is 20.7 Å². The summed E-state index contributed by atoms with van der Waals surface area (Å²) in [4.78, 5) is 2.07. The topological polar surface area (TPSA) is 74.3 Å². The first-order valence-electron chi connectivity index (χ1n) is 6.21. The van der Waals surface area contributed by atoms with Crippen molar-refractivity contribution in [3.8, 4) is 11.8 Å². The minimum atomic E-state index is 0.398. The van der Waals surface area contributed by atoms with Crippen LogP contribution in [0.3, 0.4) is 0 Å². The highest BCUT2D eigenvalue weighted by Gasteiger charge is 2.26. The molecule has 0 spiro atoms. The fourth-order valence-corrected chi connectivity index (χ4v) is 2.36. The zero-order valence-corrected chi connectivity index (χ0v) is 11.1. The average molecular weight is 266 g/mol. The molecule has 0 bridgehead atoms. The summed E-state index contributed by atoms with van der Waals surface area (Å²) in [6.45, 7) is 0.702. The Balaban J connectivity index is 1.98. The number of anilines is 1. The van der Waals surface area contributed by atoms with Crippen LogP contribution in [0.15, 0.2) is 59.2 Å². The molecule has 0 aromatic heterocycles. The van der Waals surface area contributed by atoms with E-state index >= 15 is 0 Å². The van der Waals surface area contributed by atoms with Crippen molar-refractivity contribution in [1.82, 2.24) is 5.32 Å². The number of rotatable bonds is 2. The van der Waals surface area contributed by atoms with Gasteiger partial charge in [0, 0.05) is 36.3 Å². The van der Waals surface area contributed by atoms with E-state index in [1.807, 2.05) is 36.7 Å². The number of methoxy groups -OCH3 is 1. The summed E-state index contributed by atoms with van der Waals surface area (Å²) in [5, 5.41) is 12.1. The molecule has 0 saturated heterocycles. The summed E-state index contributed by atoms with van der Waals surface area (Å²) in [7, 11) is 1.64. The van der Waals surface area contributed by atoms with E-state index in [4.69, 9.17) is 10.5 Å². The summed E-state index contributed by atoms with van der Waals surface area (Å²) in [5.74, 6) is 1.20. The Hall–Kier alpha value is -2.87. The molecule has 0 amide bonds. The van der Waals surface area contributed by atoms with E-state index in [2.05, 4.69) is 16.3 Å². The first-order valence-corrected chi connectivity index (χ1v) is 6.21. The molecule has 2 aliphatic heterocycles. The average Bonchev–Trinajstić information content (AvgIpc) is 2.91. The minimum absolute atomic E-state index is 0.398. The maximum absolute atomic E-state index is 9.21. The second kappa shape index (κ2) is 4.67. The van der Waals surface area contributed by atoms with Crippen LogP contribution in [0.2, 0.25) is 0 Å². The van der Waals surface area contributed by atoms with Crippen molar-refractivity contribution in [2.75, 3.05) is 18.6 Å². The number of ether oxygens (including phenoxy) is 1. The number of nitriles is 1. The molecule has 0 saturated carbocycles. The van der Waals surface area contributed by atoms with Crippen molar-refractivity contribution in [2.24, 2.45) is 5.73 Å². The molecule has 20 heavy (non-hydrogen) atoms. The standard InChI is InChI=1S/C15H14N4O/c1-20-12-4-2-3-11(5-12)19-8-10-7-18-15(17)13(6-16)14(10)9-19/h2-5,7,9,18H,8,17H2,1H3. The van der Waals surface area contributed by atoms with Crippen LogP contribution in [-0.4, -0.2) is 13.7 Å². The fraction of sp³-hybridized carbons (Fsp3) is 0.133. The zero-order chi connectivity index (χ0) is 14.1. The van der Waals surface area contributed by atoms with Gasteiger partial charge in [0.05, 0.1) is 7.11 Å². The largest absolute Gasteiger partial charge is 0.497 e. The number of dihydropyridines is 1. The lowest BCUT2D eigenvalue weighted by Crippen LogP contribution is -2.22. The van der Waals surface area contributed by atoms with Gasteiger partial charge in [-0.15, -0.1) is 0 Å². The highest BCUT2D eigenvalue weighted by molar-refractivity contribution is 5.68. The van der Waals surface area contributed by atoms with Crippen molar-refractivity contribution in [3.05, 3.63) is 59.2 Å². The Kier molecular flexibility index (Phi) is 2.84. The summed E-state index contributed by atoms with van der Waals surface area (Å²) in [5.41, 5.74) is 9.24. The van der Waals surface area contributed by atoms with E-state index < -0.39 is 0 Å². The van der Waals surface area contributed by atoms with Crippen molar-refractivity contribution in [2.45, 2.75) is 0 Å². The van der Waals surface area contributed by atoms with Crippen LogP contribution in [0.25, 0.3) is 0 Å². The molecule has 5 nitrogen and oxygen atoms in total. The Morgan fingerprint density at radius 3 is 3.05 bits per heavy atom. The third-order valence-corrected chi connectivity index (χ3v) is 3.41. The fourth-order valence-electron chi connectivity index (χ4n) is 2.36. The van der Waals surface area contributed by atoms with Crippen molar-refractivity contribution in [3.63, 3.8) is 0 Å². The van der Waals surface area contributed by atoms with E-state index in [0.29, 0.717) is 17.9 Å². The third-order valence-electron chi connectivity index (χ3n) is 3.41. The number of nitrogens with zero attached hydrogens (tertiary/aromatic N) is 2. The molecule has 1 aromatic rings. The second-order valence-electron chi connectivity index (χ2n) is 4.59. The Bertz CT molecular complexity index is 694. The molecule has 0 fully saturated rings. The maximum atomic E-state index is 9.21. The van der Waals surface area contributed by atoms with Gasteiger partial charge >= 0.3 is 0 Å². The number of benzene rings is 1. The quantitative estimate of drug-likeness (QED) is 0.850. The third kappa shape index (κ3) is 1.88. The van der Waals surface area contributed by atoms with Gasteiger partial charge in [0.25, 0.3) is 0 Å². The zero-order valence-electron chi connectivity index (χ0n) is 11.1. The summed E-state index contributed by atoms with van der Waals surface area (Å²) in [6, 6.07) is 9.96. The van der Waals surface area contributed by atoms with E-state index in [1.165, 1.54) is 0 Å². The molecule has 5 heteroatoms. The summed E-state index contributed by atoms with van der Waals surface area (Å²) >= 11 is 0. The molecule has 3 rings (SSSR count). The molecule has 0 atom stereocenters. The number of fused-ring (bicyclic) bond motifs is 1. The van der Waals surface area contributed by atoms with Crippen LogP contribution in [0.1, 0.15) is 0 Å². The molecule has 3 N–H and O–H groups in total. The van der Waals surface area contributed by atoms with E-state index in [1.54, 1.807) is 7.11 Å². The van der Waals surface area contributed by atoms with Gasteiger partial charge in [-0.25, -0.2) is 0 Å². The van der Waals surface area contributed by atoms with E-state index in [0.717, 1.165) is 22.6 Å². The van der Waals surface area contributed by atoms with Crippen molar-refractivity contribution in [1.29, 1.82) is 5.26 Å². The lowest BCUT2D eigenvalue weighted by Gasteiger charge is -2.17. The Morgan fingerprint density at radius 1 is 1.45 bits per heavy atom. The van der Waals surface area contributed by atoms with Crippen molar-refractivity contribution >= 4 is 5.69 Å². The van der Waals surface area contributed by atoms with E-state index in [-0.39, 0.29) is 0 Å². The van der Waals surface area contributed by atoms with Gasteiger partial charge in [-0.2, -0.15) is 5.26 Å². The molecular weight excluding hydrogens is 252 g/mol. The van der Waals surface area contributed by atoms with Crippen LogP contribution >= 0.6 is 0 Å². The van der Waals surface area contributed by atoms with E-state index in [9.17, 15) is 5.26 Å². The van der Waals surface area contributed by atoms with Gasteiger partial charge in [0.2, 0.25) is 0 Å². The molecule has 0 unspecified atom stereocenters. The lowest BCUT2D eigenvalue weighted by molar-refractivity contribution is 0.415. The predicted octanol–water partition coefficient (Wildman–Crippen LogP) is 1.58. The SMILES string of the molecule is COc1cccc(N2C=C3C(=CNC(N)=C3C#N)C2)c1. The first kappa shape index (κ1) is 12.2. The number of hydrogen-bond donors (Lipinski definition) is 2. The van der Waals surface area contributed by atoms with Crippen LogP contribution in [0, 0.1) is 11.3 Å². The first-order chi connectivity index (χ1) is 9.72. The number of allylic oxidation sites excluding steroid dienone is 1. The Labute approximate surface area is 117 Å². The predicted molar refractivity (Wildman–Crippen MR) is 76.5 cm³/mol. The molecule has 2 aliphatic rings. The second-order valence-corrected chi connectivity index (χ2v) is 4.59. The molecule has 1 aromatic carbocycles. The minimum Gasteiger partial charge on any atom is -0.497 e. The highest BCUT2D eigenvalue weighted by Crippen LogP contribution is 2.33. The van der Waals surface area contributed by atoms with Gasteiger partial charge in [0.15, 0.2) is 0 Å². The van der Waals surface area contributed by atoms with Gasteiger partial charge in [-0.3, -0.25) is 0 Å². The maximum Gasteiger partial charge on any atom is 0.120 e. The van der Waals surface area contributed by atoms with Gasteiger partial charge in [0.1, 0.15) is 23.2 Å². The lowest BCUT2D eigenvalue weighted by atomic mass is 10.0. The molecular formula is C15H14N4O. The van der Waals surface area contributed by atoms with Gasteiger partial charge in [-0.1, -0.05) is 6.07 Å². The number of hydrogen-bond acceptors (Lipinski definition) is 5. The monoisotopic (exact) mass is 266 g/mol. The van der Waals surface area contributed by atoms with Gasteiger partial charge in [-0.05, 0) is 17.7 Å². The molecule has 2 heterocycles.